The number of ether oxygens (including phenoxy) is 1. The quantitative estimate of drug-likeness (QED) is 0.623. The minimum absolute atomic E-state index is 0.180. The van der Waals surface area contributed by atoms with Crippen LogP contribution >= 0.6 is 0 Å². The molecule has 0 aliphatic carbocycles. The number of halogens is 1. The fourth-order valence-corrected chi connectivity index (χ4v) is 2.59. The zero-order chi connectivity index (χ0) is 17.5. The van der Waals surface area contributed by atoms with Gasteiger partial charge in [-0.25, -0.2) is 4.39 Å². The zero-order valence-corrected chi connectivity index (χ0v) is 13.6. The first-order valence-corrected chi connectivity index (χ1v) is 8.12. The summed E-state index contributed by atoms with van der Waals surface area (Å²) >= 11 is 0. The molecule has 4 heteroatoms. The molecule has 0 aliphatic rings. The summed E-state index contributed by atoms with van der Waals surface area (Å²) in [6.07, 6.45) is 1.73. The van der Waals surface area contributed by atoms with Gasteiger partial charge >= 0.3 is 5.97 Å². The summed E-state index contributed by atoms with van der Waals surface area (Å²) in [5.41, 5.74) is 2.30. The average Bonchev–Trinajstić information content (AvgIpc) is 2.66. The first kappa shape index (κ1) is 16.8. The van der Waals surface area contributed by atoms with Crippen LogP contribution in [0, 0.1) is 5.82 Å². The molecule has 25 heavy (non-hydrogen) atoms. The third kappa shape index (κ3) is 4.73. The Bertz CT molecular complexity index is 782. The van der Waals surface area contributed by atoms with E-state index >= 15 is 0 Å². The van der Waals surface area contributed by atoms with Crippen LogP contribution in [-0.2, 0) is 16.0 Å². The van der Waals surface area contributed by atoms with Gasteiger partial charge in [0, 0.05) is 12.6 Å². The van der Waals surface area contributed by atoms with Gasteiger partial charge in [0.15, 0.2) is 6.10 Å². The van der Waals surface area contributed by atoms with Crippen LogP contribution in [-0.4, -0.2) is 11.0 Å². The highest BCUT2D eigenvalue weighted by Gasteiger charge is 2.19. The highest BCUT2D eigenvalue weighted by Crippen LogP contribution is 2.25. The first-order valence-electron chi connectivity index (χ1n) is 8.12. The highest BCUT2D eigenvalue weighted by atomic mass is 19.1. The van der Waals surface area contributed by atoms with E-state index in [1.54, 1.807) is 18.3 Å². The second-order valence-electron chi connectivity index (χ2n) is 5.67. The lowest BCUT2D eigenvalue weighted by Gasteiger charge is -2.18. The van der Waals surface area contributed by atoms with E-state index in [4.69, 9.17) is 4.74 Å². The molecule has 0 aliphatic heterocycles. The average molecular weight is 335 g/mol. The Morgan fingerprint density at radius 3 is 2.52 bits per heavy atom. The van der Waals surface area contributed by atoms with Crippen LogP contribution in [0.25, 0.3) is 0 Å². The minimum Gasteiger partial charge on any atom is -0.451 e. The van der Waals surface area contributed by atoms with Crippen molar-refractivity contribution in [2.24, 2.45) is 0 Å². The number of hydrogen-bond acceptors (Lipinski definition) is 3. The van der Waals surface area contributed by atoms with E-state index in [1.807, 2.05) is 48.5 Å². The molecule has 126 valence electrons. The maximum Gasteiger partial charge on any atom is 0.307 e. The highest BCUT2D eigenvalue weighted by molar-refractivity contribution is 5.70. The van der Waals surface area contributed by atoms with Crippen molar-refractivity contribution >= 4 is 5.97 Å². The predicted molar refractivity (Wildman–Crippen MR) is 93.3 cm³/mol. The molecule has 1 atom stereocenters. The van der Waals surface area contributed by atoms with Crippen molar-refractivity contribution in [3.63, 3.8) is 0 Å². The summed E-state index contributed by atoms with van der Waals surface area (Å²) < 4.78 is 18.9. The molecule has 0 fully saturated rings. The van der Waals surface area contributed by atoms with Gasteiger partial charge in [0.05, 0.1) is 5.69 Å². The molecular weight excluding hydrogens is 317 g/mol. The zero-order valence-electron chi connectivity index (χ0n) is 13.6. The number of carbonyl (C=O) groups excluding carboxylic acids is 1. The monoisotopic (exact) mass is 335 g/mol. The molecule has 0 spiro atoms. The van der Waals surface area contributed by atoms with Gasteiger partial charge in [-0.1, -0.05) is 48.5 Å². The Labute approximate surface area is 146 Å². The van der Waals surface area contributed by atoms with Crippen molar-refractivity contribution in [1.82, 2.24) is 4.98 Å². The lowest BCUT2D eigenvalue weighted by molar-refractivity contribution is -0.147. The minimum atomic E-state index is -0.553. The summed E-state index contributed by atoms with van der Waals surface area (Å²) in [5.74, 6) is -0.648. The molecule has 1 unspecified atom stereocenters. The molecule has 0 amide bonds. The molecule has 0 saturated carbocycles. The number of esters is 1. The third-order valence-electron chi connectivity index (χ3n) is 3.81. The Hall–Kier alpha value is -3.01. The Kier molecular flexibility index (Phi) is 5.52. The van der Waals surface area contributed by atoms with Gasteiger partial charge in [-0.2, -0.15) is 0 Å². The Morgan fingerprint density at radius 2 is 1.80 bits per heavy atom. The van der Waals surface area contributed by atoms with Crippen LogP contribution in [0.2, 0.25) is 0 Å². The molecule has 2 aromatic carbocycles. The van der Waals surface area contributed by atoms with Gasteiger partial charge < -0.3 is 4.74 Å². The number of nitrogens with zero attached hydrogens (tertiary/aromatic N) is 1. The van der Waals surface area contributed by atoms with Crippen LogP contribution in [0.1, 0.15) is 29.3 Å². The lowest BCUT2D eigenvalue weighted by Crippen LogP contribution is -2.14. The van der Waals surface area contributed by atoms with Crippen LogP contribution < -0.4 is 0 Å². The van der Waals surface area contributed by atoms with E-state index < -0.39 is 6.10 Å². The summed E-state index contributed by atoms with van der Waals surface area (Å²) in [4.78, 5) is 16.6. The number of rotatable bonds is 6. The van der Waals surface area contributed by atoms with Gasteiger partial charge in [0.2, 0.25) is 0 Å². The van der Waals surface area contributed by atoms with E-state index in [0.717, 1.165) is 11.1 Å². The fourth-order valence-electron chi connectivity index (χ4n) is 2.59. The predicted octanol–water partition coefficient (Wildman–Crippen LogP) is 4.49. The van der Waals surface area contributed by atoms with E-state index in [-0.39, 0.29) is 18.2 Å². The number of hydrogen-bond donors (Lipinski definition) is 0. The van der Waals surface area contributed by atoms with Crippen molar-refractivity contribution in [2.45, 2.75) is 18.9 Å². The van der Waals surface area contributed by atoms with Crippen LogP contribution in [0.15, 0.2) is 79.0 Å². The van der Waals surface area contributed by atoms with Crippen LogP contribution in [0.3, 0.4) is 0 Å². The van der Waals surface area contributed by atoms with Crippen molar-refractivity contribution < 1.29 is 13.9 Å². The molecule has 0 bridgehead atoms. The number of carbonyl (C=O) groups is 1. The molecule has 3 rings (SSSR count). The third-order valence-corrected chi connectivity index (χ3v) is 3.81. The molecule has 1 aromatic heterocycles. The lowest BCUT2D eigenvalue weighted by atomic mass is 10.1. The summed E-state index contributed by atoms with van der Waals surface area (Å²) in [6, 6.07) is 21.3. The normalized spacial score (nSPS) is 11.7. The van der Waals surface area contributed by atoms with Gasteiger partial charge in [-0.3, -0.25) is 9.78 Å². The van der Waals surface area contributed by atoms with Gasteiger partial charge in [-0.15, -0.1) is 0 Å². The largest absolute Gasteiger partial charge is 0.451 e. The van der Waals surface area contributed by atoms with Crippen molar-refractivity contribution in [1.29, 1.82) is 0 Å². The van der Waals surface area contributed by atoms with Crippen LogP contribution in [0.4, 0.5) is 4.39 Å². The van der Waals surface area contributed by atoms with E-state index in [2.05, 4.69) is 4.98 Å². The van der Waals surface area contributed by atoms with Gasteiger partial charge in [-0.05, 0) is 41.8 Å². The molecule has 0 radical (unpaired) electrons. The molecule has 3 aromatic rings. The SMILES string of the molecule is O=C(CCc1cccc(F)c1)OC(c1ccccc1)c1ccccn1. The Morgan fingerprint density at radius 1 is 1.00 bits per heavy atom. The first-order chi connectivity index (χ1) is 12.2. The number of pyridine rings is 1. The maximum absolute atomic E-state index is 13.2. The van der Waals surface area contributed by atoms with Crippen molar-refractivity contribution in [2.75, 3.05) is 0 Å². The van der Waals surface area contributed by atoms with Crippen LogP contribution in [0.5, 0.6) is 0 Å². The molecular formula is C21H18FNO2. The summed E-state index contributed by atoms with van der Waals surface area (Å²) in [6.45, 7) is 0. The smallest absolute Gasteiger partial charge is 0.307 e. The summed E-state index contributed by atoms with van der Waals surface area (Å²) in [5, 5.41) is 0. The molecule has 3 nitrogen and oxygen atoms in total. The molecule has 1 heterocycles. The van der Waals surface area contributed by atoms with Gasteiger partial charge in [0.25, 0.3) is 0 Å². The van der Waals surface area contributed by atoms with Crippen molar-refractivity contribution in [3.05, 3.63) is 102 Å². The maximum atomic E-state index is 13.2. The summed E-state index contributed by atoms with van der Waals surface area (Å²) in [7, 11) is 0. The van der Waals surface area contributed by atoms with Crippen molar-refractivity contribution in [3.8, 4) is 0 Å². The van der Waals surface area contributed by atoms with Gasteiger partial charge in [0.1, 0.15) is 5.82 Å². The van der Waals surface area contributed by atoms with E-state index in [1.165, 1.54) is 12.1 Å². The second-order valence-corrected chi connectivity index (χ2v) is 5.67. The number of aromatic nitrogens is 1. The molecule has 0 N–H and O–H groups in total. The Balaban J connectivity index is 1.71. The van der Waals surface area contributed by atoms with E-state index in [9.17, 15) is 9.18 Å². The fraction of sp³-hybridized carbons (Fsp3) is 0.143. The number of benzene rings is 2. The number of aryl methyl sites for hydroxylation is 1. The van der Waals surface area contributed by atoms with E-state index in [0.29, 0.717) is 12.1 Å². The molecule has 0 saturated heterocycles. The topological polar surface area (TPSA) is 39.2 Å². The second kappa shape index (κ2) is 8.20. The standard InChI is InChI=1S/C21H18FNO2/c22-18-10-6-7-16(15-18)12-13-20(24)25-21(17-8-2-1-3-9-17)19-11-4-5-14-23-19/h1-11,14-15,21H,12-13H2.